The van der Waals surface area contributed by atoms with Gasteiger partial charge in [0.05, 0.1) is 18.1 Å². The van der Waals surface area contributed by atoms with Gasteiger partial charge in [0.25, 0.3) is 0 Å². The first-order valence-corrected chi connectivity index (χ1v) is 7.45. The van der Waals surface area contributed by atoms with Crippen LogP contribution in [-0.2, 0) is 22.3 Å². The maximum atomic E-state index is 12.7. The quantitative estimate of drug-likeness (QED) is 0.797. The highest BCUT2D eigenvalue weighted by atomic mass is 19.4. The molecule has 122 valence electrons. The highest BCUT2D eigenvalue weighted by Gasteiger charge is 2.31. The number of halogens is 3. The lowest BCUT2D eigenvalue weighted by Crippen LogP contribution is -2.38. The molecule has 0 bridgehead atoms. The third kappa shape index (κ3) is 4.47. The van der Waals surface area contributed by atoms with E-state index in [1.54, 1.807) is 13.0 Å². The second-order valence-electron chi connectivity index (χ2n) is 5.52. The van der Waals surface area contributed by atoms with E-state index in [-0.39, 0.29) is 11.9 Å². The molecule has 0 N–H and O–H groups in total. The minimum absolute atomic E-state index is 0.181. The van der Waals surface area contributed by atoms with E-state index in [0.29, 0.717) is 25.3 Å². The van der Waals surface area contributed by atoms with Gasteiger partial charge < -0.3 is 4.74 Å². The van der Waals surface area contributed by atoms with Crippen LogP contribution in [0.4, 0.5) is 13.2 Å². The van der Waals surface area contributed by atoms with Crippen LogP contribution in [-0.4, -0.2) is 30.6 Å². The first-order chi connectivity index (χ1) is 10.4. The first kappa shape index (κ1) is 16.8. The van der Waals surface area contributed by atoms with E-state index in [9.17, 15) is 18.0 Å². The molecule has 1 saturated heterocycles. The minimum Gasteiger partial charge on any atom is -0.466 e. The Balaban J connectivity index is 2.00. The van der Waals surface area contributed by atoms with Crippen molar-refractivity contribution >= 4 is 5.97 Å². The zero-order valence-corrected chi connectivity index (χ0v) is 12.5. The molecular formula is C16H20F3NO2. The van der Waals surface area contributed by atoms with Crippen LogP contribution in [0.3, 0.4) is 0 Å². The zero-order valence-electron chi connectivity index (χ0n) is 12.5. The predicted octanol–water partition coefficient (Wildman–Crippen LogP) is 3.48. The number of hydrogen-bond donors (Lipinski definition) is 0. The Morgan fingerprint density at radius 1 is 1.41 bits per heavy atom. The molecule has 0 aliphatic carbocycles. The normalized spacial score (nSPS) is 19.9. The topological polar surface area (TPSA) is 29.5 Å². The Morgan fingerprint density at radius 2 is 2.18 bits per heavy atom. The van der Waals surface area contributed by atoms with Crippen molar-refractivity contribution in [3.8, 4) is 0 Å². The van der Waals surface area contributed by atoms with Gasteiger partial charge in [-0.3, -0.25) is 9.69 Å². The van der Waals surface area contributed by atoms with Crippen molar-refractivity contribution in [3.63, 3.8) is 0 Å². The summed E-state index contributed by atoms with van der Waals surface area (Å²) in [6.07, 6.45) is -2.70. The van der Waals surface area contributed by atoms with Gasteiger partial charge in [-0.15, -0.1) is 0 Å². The molecule has 0 amide bonds. The summed E-state index contributed by atoms with van der Waals surface area (Å²) in [5, 5.41) is 0. The molecule has 1 heterocycles. The summed E-state index contributed by atoms with van der Waals surface area (Å²) in [5.41, 5.74) is -0.0247. The number of piperidine rings is 1. The lowest BCUT2D eigenvalue weighted by Gasteiger charge is -2.31. The van der Waals surface area contributed by atoms with Gasteiger partial charge in [0.15, 0.2) is 0 Å². The molecule has 0 spiro atoms. The van der Waals surface area contributed by atoms with Crippen LogP contribution in [0.1, 0.15) is 30.9 Å². The van der Waals surface area contributed by atoms with Gasteiger partial charge in [0.1, 0.15) is 0 Å². The third-order valence-electron chi connectivity index (χ3n) is 3.79. The Kier molecular flexibility index (Phi) is 5.45. The van der Waals surface area contributed by atoms with E-state index in [1.165, 1.54) is 12.1 Å². The number of ether oxygens (including phenoxy) is 1. The summed E-state index contributed by atoms with van der Waals surface area (Å²) in [6, 6.07) is 5.35. The van der Waals surface area contributed by atoms with Crippen LogP contribution in [0.2, 0.25) is 0 Å². The van der Waals surface area contributed by atoms with Crippen molar-refractivity contribution in [2.24, 2.45) is 5.92 Å². The summed E-state index contributed by atoms with van der Waals surface area (Å²) in [7, 11) is 0. The largest absolute Gasteiger partial charge is 0.466 e. The average Bonchev–Trinajstić information content (AvgIpc) is 2.47. The van der Waals surface area contributed by atoms with Gasteiger partial charge in [-0.1, -0.05) is 18.2 Å². The molecule has 3 nitrogen and oxygen atoms in total. The molecule has 1 aliphatic heterocycles. The number of rotatable bonds is 4. The molecule has 1 aromatic rings. The molecule has 0 saturated carbocycles. The molecule has 1 atom stereocenters. The lowest BCUT2D eigenvalue weighted by atomic mass is 9.97. The fourth-order valence-electron chi connectivity index (χ4n) is 2.76. The van der Waals surface area contributed by atoms with Crippen molar-refractivity contribution in [1.82, 2.24) is 4.90 Å². The molecule has 0 radical (unpaired) electrons. The maximum Gasteiger partial charge on any atom is 0.416 e. The van der Waals surface area contributed by atoms with Crippen LogP contribution in [0.15, 0.2) is 24.3 Å². The number of benzene rings is 1. The average molecular weight is 315 g/mol. The summed E-state index contributed by atoms with van der Waals surface area (Å²) in [4.78, 5) is 13.8. The maximum absolute atomic E-state index is 12.7. The van der Waals surface area contributed by atoms with Crippen LogP contribution in [0, 0.1) is 5.92 Å². The van der Waals surface area contributed by atoms with Gasteiger partial charge >= 0.3 is 12.1 Å². The molecule has 0 aromatic heterocycles. The smallest absolute Gasteiger partial charge is 0.416 e. The van der Waals surface area contributed by atoms with Crippen molar-refractivity contribution in [3.05, 3.63) is 35.4 Å². The molecule has 2 rings (SSSR count). The number of carbonyl (C=O) groups is 1. The van der Waals surface area contributed by atoms with E-state index in [1.807, 2.05) is 4.90 Å². The Morgan fingerprint density at radius 3 is 2.86 bits per heavy atom. The van der Waals surface area contributed by atoms with E-state index < -0.39 is 11.7 Å². The molecule has 0 unspecified atom stereocenters. The number of carbonyl (C=O) groups excluding carboxylic acids is 1. The highest BCUT2D eigenvalue weighted by molar-refractivity contribution is 5.72. The van der Waals surface area contributed by atoms with E-state index in [2.05, 4.69) is 0 Å². The van der Waals surface area contributed by atoms with Crippen LogP contribution in [0.5, 0.6) is 0 Å². The number of nitrogens with zero attached hydrogens (tertiary/aromatic N) is 1. The second kappa shape index (κ2) is 7.13. The molecule has 6 heteroatoms. The number of hydrogen-bond acceptors (Lipinski definition) is 3. The zero-order chi connectivity index (χ0) is 16.2. The van der Waals surface area contributed by atoms with Crippen molar-refractivity contribution in [2.45, 2.75) is 32.5 Å². The fourth-order valence-corrected chi connectivity index (χ4v) is 2.76. The Bertz CT molecular complexity index is 516. The van der Waals surface area contributed by atoms with Crippen molar-refractivity contribution < 1.29 is 22.7 Å². The number of esters is 1. The van der Waals surface area contributed by atoms with Crippen LogP contribution in [0.25, 0.3) is 0 Å². The minimum atomic E-state index is -4.33. The SMILES string of the molecule is CCOC(=O)[C@H]1CCCN(Cc2cccc(C(F)(F)F)c2)C1. The van der Waals surface area contributed by atoms with Crippen LogP contribution >= 0.6 is 0 Å². The summed E-state index contributed by atoms with van der Waals surface area (Å²) < 4.78 is 43.2. The fraction of sp³-hybridized carbons (Fsp3) is 0.562. The molecule has 1 aromatic carbocycles. The van der Waals surface area contributed by atoms with Crippen molar-refractivity contribution in [2.75, 3.05) is 19.7 Å². The number of alkyl halides is 3. The monoisotopic (exact) mass is 315 g/mol. The first-order valence-electron chi connectivity index (χ1n) is 7.45. The highest BCUT2D eigenvalue weighted by Crippen LogP contribution is 2.30. The summed E-state index contributed by atoms with van der Waals surface area (Å²) in [6.45, 7) is 3.85. The Labute approximate surface area is 128 Å². The molecular weight excluding hydrogens is 295 g/mol. The lowest BCUT2D eigenvalue weighted by molar-refractivity contribution is -0.150. The third-order valence-corrected chi connectivity index (χ3v) is 3.79. The molecule has 1 fully saturated rings. The van der Waals surface area contributed by atoms with Gasteiger partial charge in [-0.05, 0) is 37.9 Å². The van der Waals surface area contributed by atoms with E-state index in [0.717, 1.165) is 25.5 Å². The number of likely N-dealkylation sites (tertiary alicyclic amines) is 1. The second-order valence-corrected chi connectivity index (χ2v) is 5.52. The molecule has 1 aliphatic rings. The standard InChI is InChI=1S/C16H20F3NO2/c1-2-22-15(21)13-6-4-8-20(11-13)10-12-5-3-7-14(9-12)16(17,18)19/h3,5,7,9,13H,2,4,6,8,10-11H2,1H3/t13-/m0/s1. The van der Waals surface area contributed by atoms with E-state index in [4.69, 9.17) is 4.74 Å². The summed E-state index contributed by atoms with van der Waals surface area (Å²) >= 11 is 0. The van der Waals surface area contributed by atoms with Gasteiger partial charge in [0, 0.05) is 13.1 Å². The molecule has 22 heavy (non-hydrogen) atoms. The summed E-state index contributed by atoms with van der Waals surface area (Å²) in [5.74, 6) is -0.393. The van der Waals surface area contributed by atoms with Crippen molar-refractivity contribution in [1.29, 1.82) is 0 Å². The van der Waals surface area contributed by atoms with Crippen LogP contribution < -0.4 is 0 Å². The van der Waals surface area contributed by atoms with Gasteiger partial charge in [0.2, 0.25) is 0 Å². The van der Waals surface area contributed by atoms with E-state index >= 15 is 0 Å². The Hall–Kier alpha value is -1.56. The van der Waals surface area contributed by atoms with Gasteiger partial charge in [-0.25, -0.2) is 0 Å². The van der Waals surface area contributed by atoms with Gasteiger partial charge in [-0.2, -0.15) is 13.2 Å². The predicted molar refractivity (Wildman–Crippen MR) is 76.1 cm³/mol.